The van der Waals surface area contributed by atoms with Crippen molar-refractivity contribution in [2.45, 2.75) is 49.9 Å². The highest BCUT2D eigenvalue weighted by Crippen LogP contribution is 2.37. The molecule has 0 spiro atoms. The van der Waals surface area contributed by atoms with Gasteiger partial charge in [0.1, 0.15) is 0 Å². The largest absolute Gasteiger partial charge is 0.298 e. The molecule has 14 heavy (non-hydrogen) atoms. The summed E-state index contributed by atoms with van der Waals surface area (Å²) >= 11 is 0. The van der Waals surface area contributed by atoms with Gasteiger partial charge in [-0.3, -0.25) is 4.90 Å². The van der Waals surface area contributed by atoms with Crippen molar-refractivity contribution < 1.29 is 8.42 Å². The van der Waals surface area contributed by atoms with E-state index in [1.165, 1.54) is 0 Å². The second-order valence-electron chi connectivity index (χ2n) is 4.40. The molecule has 2 rings (SSSR count). The van der Waals surface area contributed by atoms with Gasteiger partial charge in [-0.1, -0.05) is 6.92 Å². The van der Waals surface area contributed by atoms with Gasteiger partial charge in [0.05, 0.1) is 5.25 Å². The molecular formula is C9H18N2O2S. The molecule has 3 atom stereocenters. The second-order valence-corrected chi connectivity index (χ2v) is 6.24. The Kier molecular flexibility index (Phi) is 2.57. The lowest BCUT2D eigenvalue weighted by Crippen LogP contribution is -2.48. The predicted octanol–water partition coefficient (Wildman–Crippen LogP) is 0.290. The molecule has 2 fully saturated rings. The van der Waals surface area contributed by atoms with Crippen LogP contribution in [0.5, 0.6) is 0 Å². The molecular weight excluding hydrogens is 200 g/mol. The Morgan fingerprint density at radius 3 is 2.14 bits per heavy atom. The van der Waals surface area contributed by atoms with Gasteiger partial charge in [-0.2, -0.15) is 0 Å². The zero-order valence-electron chi connectivity index (χ0n) is 8.52. The molecule has 82 valence electrons. The molecule has 0 aromatic rings. The van der Waals surface area contributed by atoms with Crippen LogP contribution in [0, 0.1) is 0 Å². The van der Waals surface area contributed by atoms with E-state index in [0.717, 1.165) is 32.2 Å². The first-order valence-corrected chi connectivity index (χ1v) is 6.90. The minimum Gasteiger partial charge on any atom is -0.298 e. The van der Waals surface area contributed by atoms with Crippen LogP contribution in [0.15, 0.2) is 0 Å². The van der Waals surface area contributed by atoms with Crippen molar-refractivity contribution >= 4 is 10.0 Å². The van der Waals surface area contributed by atoms with E-state index in [4.69, 9.17) is 5.14 Å². The molecule has 0 radical (unpaired) electrons. The van der Waals surface area contributed by atoms with Crippen molar-refractivity contribution in [3.8, 4) is 0 Å². The maximum absolute atomic E-state index is 11.3. The van der Waals surface area contributed by atoms with Gasteiger partial charge < -0.3 is 0 Å². The van der Waals surface area contributed by atoms with E-state index in [1.807, 2.05) is 0 Å². The van der Waals surface area contributed by atoms with E-state index in [2.05, 4.69) is 11.8 Å². The molecule has 2 aliphatic heterocycles. The molecule has 0 unspecified atom stereocenters. The van der Waals surface area contributed by atoms with Gasteiger partial charge in [0.2, 0.25) is 10.0 Å². The summed E-state index contributed by atoms with van der Waals surface area (Å²) in [7, 11) is -3.31. The summed E-state index contributed by atoms with van der Waals surface area (Å²) in [4.78, 5) is 2.43. The van der Waals surface area contributed by atoms with Gasteiger partial charge in [-0.15, -0.1) is 0 Å². The van der Waals surface area contributed by atoms with Crippen LogP contribution in [0.3, 0.4) is 0 Å². The molecule has 2 heterocycles. The standard InChI is InChI=1S/C9H18N2O2S/c1-2-11-7-3-4-8(11)6-9(5-7)14(10,12)13/h7-9H,2-6H2,1H3,(H2,10,12,13)/t7-,8+,9-. The third-order valence-corrected chi connectivity index (χ3v) is 4.98. The van der Waals surface area contributed by atoms with Crippen LogP contribution in [0.2, 0.25) is 0 Å². The zero-order chi connectivity index (χ0) is 10.3. The fourth-order valence-electron chi connectivity index (χ4n) is 3.01. The lowest BCUT2D eigenvalue weighted by molar-refractivity contribution is 0.150. The monoisotopic (exact) mass is 218 g/mol. The normalized spacial score (nSPS) is 38.9. The molecule has 4 nitrogen and oxygen atoms in total. The van der Waals surface area contributed by atoms with Crippen molar-refractivity contribution in [3.05, 3.63) is 0 Å². The summed E-state index contributed by atoms with van der Waals surface area (Å²) in [6.07, 6.45) is 3.77. The number of primary sulfonamides is 1. The van der Waals surface area contributed by atoms with Gasteiger partial charge >= 0.3 is 0 Å². The molecule has 0 aromatic carbocycles. The molecule has 0 aromatic heterocycles. The topological polar surface area (TPSA) is 63.4 Å². The Balaban J connectivity index is 2.13. The Hall–Kier alpha value is -0.130. The summed E-state index contributed by atoms with van der Waals surface area (Å²) in [6, 6.07) is 0.921. The SMILES string of the molecule is CCN1[C@@H]2CC[C@H]1C[C@H](S(N)(=O)=O)C2. The van der Waals surface area contributed by atoms with Crippen LogP contribution in [-0.2, 0) is 10.0 Å². The lowest BCUT2D eigenvalue weighted by atomic mass is 10.0. The van der Waals surface area contributed by atoms with Gasteiger partial charge in [0.15, 0.2) is 0 Å². The minimum absolute atomic E-state index is 0.289. The van der Waals surface area contributed by atoms with Gasteiger partial charge in [-0.05, 0) is 32.2 Å². The molecule has 5 heteroatoms. The minimum atomic E-state index is -3.31. The van der Waals surface area contributed by atoms with Crippen LogP contribution in [0.4, 0.5) is 0 Å². The number of hydrogen-bond donors (Lipinski definition) is 1. The van der Waals surface area contributed by atoms with E-state index < -0.39 is 10.0 Å². The van der Waals surface area contributed by atoms with E-state index >= 15 is 0 Å². The van der Waals surface area contributed by atoms with Crippen LogP contribution >= 0.6 is 0 Å². The van der Waals surface area contributed by atoms with Crippen LogP contribution in [0.1, 0.15) is 32.6 Å². The van der Waals surface area contributed by atoms with E-state index in [1.54, 1.807) is 0 Å². The highest BCUT2D eigenvalue weighted by atomic mass is 32.2. The number of hydrogen-bond acceptors (Lipinski definition) is 3. The average Bonchev–Trinajstić information content (AvgIpc) is 2.32. The molecule has 2 N–H and O–H groups in total. The summed E-state index contributed by atoms with van der Waals surface area (Å²) in [5, 5.41) is 4.91. The number of sulfonamides is 1. The van der Waals surface area contributed by atoms with Crippen molar-refractivity contribution in [1.82, 2.24) is 4.90 Å². The predicted molar refractivity (Wildman–Crippen MR) is 55.3 cm³/mol. The number of fused-ring (bicyclic) bond motifs is 2. The molecule has 0 saturated carbocycles. The lowest BCUT2D eigenvalue weighted by Gasteiger charge is -2.37. The summed E-state index contributed by atoms with van der Waals surface area (Å²) in [5.74, 6) is 0. The Labute approximate surface area is 85.5 Å². The Morgan fingerprint density at radius 2 is 1.79 bits per heavy atom. The smallest absolute Gasteiger partial charge is 0.212 e. The molecule has 2 aliphatic rings. The third kappa shape index (κ3) is 1.68. The first kappa shape index (κ1) is 10.4. The van der Waals surface area contributed by atoms with E-state index in [-0.39, 0.29) is 5.25 Å². The number of nitrogens with two attached hydrogens (primary N) is 1. The Morgan fingerprint density at radius 1 is 1.29 bits per heavy atom. The van der Waals surface area contributed by atoms with Crippen LogP contribution in [0.25, 0.3) is 0 Å². The summed E-state index contributed by atoms with van der Waals surface area (Å²) in [6.45, 7) is 3.18. The fourth-order valence-corrected chi connectivity index (χ4v) is 3.99. The van der Waals surface area contributed by atoms with Crippen LogP contribution < -0.4 is 5.14 Å². The number of rotatable bonds is 2. The molecule has 2 bridgehead atoms. The van der Waals surface area contributed by atoms with Crippen molar-refractivity contribution in [2.24, 2.45) is 5.14 Å². The van der Waals surface area contributed by atoms with Gasteiger partial charge in [-0.25, -0.2) is 13.6 Å². The summed E-state index contributed by atoms with van der Waals surface area (Å²) < 4.78 is 22.5. The van der Waals surface area contributed by atoms with E-state index in [0.29, 0.717) is 12.1 Å². The maximum Gasteiger partial charge on any atom is 0.212 e. The fraction of sp³-hybridized carbons (Fsp3) is 1.00. The maximum atomic E-state index is 11.3. The van der Waals surface area contributed by atoms with Crippen molar-refractivity contribution in [1.29, 1.82) is 0 Å². The molecule has 0 amide bonds. The van der Waals surface area contributed by atoms with Gasteiger partial charge in [0, 0.05) is 12.1 Å². The summed E-state index contributed by atoms with van der Waals surface area (Å²) in [5.41, 5.74) is 0. The molecule has 2 saturated heterocycles. The Bertz CT molecular complexity index is 301. The average molecular weight is 218 g/mol. The first-order valence-electron chi connectivity index (χ1n) is 5.29. The second kappa shape index (κ2) is 3.47. The van der Waals surface area contributed by atoms with Crippen molar-refractivity contribution in [3.63, 3.8) is 0 Å². The zero-order valence-corrected chi connectivity index (χ0v) is 9.33. The number of piperidine rings is 1. The van der Waals surface area contributed by atoms with E-state index in [9.17, 15) is 8.42 Å². The third-order valence-electron chi connectivity index (χ3n) is 3.67. The quantitative estimate of drug-likeness (QED) is 0.724. The van der Waals surface area contributed by atoms with Crippen molar-refractivity contribution in [2.75, 3.05) is 6.54 Å². The van der Waals surface area contributed by atoms with Crippen LogP contribution in [-0.4, -0.2) is 37.2 Å². The highest BCUT2D eigenvalue weighted by Gasteiger charge is 2.43. The molecule has 0 aliphatic carbocycles. The first-order chi connectivity index (χ1) is 6.52. The number of nitrogens with zero attached hydrogens (tertiary/aromatic N) is 1. The van der Waals surface area contributed by atoms with Gasteiger partial charge in [0.25, 0.3) is 0 Å². The highest BCUT2D eigenvalue weighted by molar-refractivity contribution is 7.89.